The van der Waals surface area contributed by atoms with Crippen LogP contribution in [0.4, 0.5) is 4.79 Å². The minimum atomic E-state index is -0.966. The van der Waals surface area contributed by atoms with Crippen molar-refractivity contribution in [2.75, 3.05) is 34.5 Å². The van der Waals surface area contributed by atoms with Gasteiger partial charge in [-0.1, -0.05) is 141 Å². The Hall–Kier alpha value is -7.11. The number of para-hydroxylation sites is 1. The van der Waals surface area contributed by atoms with Crippen LogP contribution >= 0.6 is 0 Å². The highest BCUT2D eigenvalue weighted by Crippen LogP contribution is 2.45. The highest BCUT2D eigenvalue weighted by Gasteiger charge is 2.36. The molecule has 0 aromatic heterocycles. The number of carbonyl (C=O) groups excluding carboxylic acids is 3. The third-order valence-electron chi connectivity index (χ3n) is 11.7. The monoisotopic (exact) mass is 846 g/mol. The fourth-order valence-electron chi connectivity index (χ4n) is 8.51. The molecule has 1 aliphatic carbocycles. The molecule has 3 atom stereocenters. The largest absolute Gasteiger partial charge is 0.497 e. The van der Waals surface area contributed by atoms with Gasteiger partial charge in [-0.15, -0.1) is 0 Å². The molecule has 0 radical (unpaired) electrons. The number of hydrogen-bond donors (Lipinski definition) is 3. The van der Waals surface area contributed by atoms with Gasteiger partial charge in [0.1, 0.15) is 29.9 Å². The van der Waals surface area contributed by atoms with Crippen LogP contribution < -0.4 is 30.4 Å². The predicted molar refractivity (Wildman–Crippen MR) is 243 cm³/mol. The number of carbonyl (C=O) groups is 3. The lowest BCUT2D eigenvalue weighted by Crippen LogP contribution is -2.54. The fraction of sp³-hybridized carbons (Fsp3) is 0.250. The molecule has 11 heteroatoms. The van der Waals surface area contributed by atoms with E-state index in [9.17, 15) is 9.59 Å². The van der Waals surface area contributed by atoms with Crippen LogP contribution in [0.3, 0.4) is 0 Å². The number of rotatable bonds is 19. The molecule has 0 saturated carbocycles. The van der Waals surface area contributed by atoms with E-state index in [1.165, 1.54) is 0 Å². The number of benzene rings is 6. The Kier molecular flexibility index (Phi) is 14.7. The van der Waals surface area contributed by atoms with Crippen LogP contribution in [0.15, 0.2) is 158 Å². The summed E-state index contributed by atoms with van der Waals surface area (Å²) in [6, 6.07) is 48.3. The molecular weight excluding hydrogens is 793 g/mol. The molecule has 3 amide bonds. The van der Waals surface area contributed by atoms with E-state index in [-0.39, 0.29) is 31.5 Å². The van der Waals surface area contributed by atoms with Crippen molar-refractivity contribution in [1.82, 2.24) is 21.1 Å². The van der Waals surface area contributed by atoms with Gasteiger partial charge in [-0.05, 0) is 70.0 Å². The zero-order valence-corrected chi connectivity index (χ0v) is 36.0. The maximum atomic E-state index is 15.0. The normalized spacial score (nSPS) is 13.2. The zero-order chi connectivity index (χ0) is 44.1. The van der Waals surface area contributed by atoms with E-state index in [2.05, 4.69) is 40.4 Å². The molecule has 1 aliphatic rings. The molecule has 7 rings (SSSR count). The van der Waals surface area contributed by atoms with Crippen molar-refractivity contribution in [3.8, 4) is 28.4 Å². The van der Waals surface area contributed by atoms with Crippen LogP contribution in [0.5, 0.6) is 17.2 Å². The number of likely N-dealkylation sites (N-methyl/N-ethyl adjacent to an activating group) is 1. The minimum Gasteiger partial charge on any atom is -0.497 e. The summed E-state index contributed by atoms with van der Waals surface area (Å²) >= 11 is 0. The van der Waals surface area contributed by atoms with Gasteiger partial charge in [0.15, 0.2) is 6.61 Å². The third kappa shape index (κ3) is 10.5. The van der Waals surface area contributed by atoms with Crippen LogP contribution in [-0.4, -0.2) is 63.3 Å². The van der Waals surface area contributed by atoms with Gasteiger partial charge in [0.2, 0.25) is 5.91 Å². The Morgan fingerprint density at radius 2 is 1.25 bits per heavy atom. The maximum Gasteiger partial charge on any atom is 0.407 e. The second-order valence-corrected chi connectivity index (χ2v) is 15.5. The smallest absolute Gasteiger partial charge is 0.407 e. The second kappa shape index (κ2) is 21.1. The molecule has 0 saturated heterocycles. The maximum absolute atomic E-state index is 15.0. The van der Waals surface area contributed by atoms with Crippen LogP contribution in [0, 0.1) is 5.92 Å². The van der Waals surface area contributed by atoms with Gasteiger partial charge in [-0.2, -0.15) is 0 Å². The number of fused-ring (bicyclic) bond motifs is 3. The zero-order valence-electron chi connectivity index (χ0n) is 36.0. The second-order valence-electron chi connectivity index (χ2n) is 15.5. The molecule has 11 nitrogen and oxygen atoms in total. The molecule has 0 aliphatic heterocycles. The first kappa shape index (κ1) is 44.0. The standard InChI is InChI=1S/C52H54N4O7/c1-5-35(49(44-30-29-39(60-3)32-47(44)61-4)53-52(59)63-33-45-42-27-17-15-25-40(42)41-26-16-18-28-43(41)45)31-46(54-55-48(57)34-62-38-23-13-8-14-24-38)51(58)56(2)50(36-19-9-6-10-20-36)37-21-11-7-12-22-37/h6-30,32,35,45-46,49-50,54H,5,31,33-34H2,1-4H3,(H,53,59)(H,55,57)/t35?,46-,49?/m0/s1. The summed E-state index contributed by atoms with van der Waals surface area (Å²) in [6.45, 7) is 1.84. The fourth-order valence-corrected chi connectivity index (χ4v) is 8.51. The molecular formula is C52H54N4O7. The van der Waals surface area contributed by atoms with E-state index in [4.69, 9.17) is 18.9 Å². The molecule has 0 fully saturated rings. The SMILES string of the molecule is CCC(C[C@H](NNC(=O)COc1ccccc1)C(=O)N(C)C(c1ccccc1)c1ccccc1)C(NC(=O)OCC1c2ccccc2-c2ccccc21)c1ccc(OC)cc1OC. The van der Waals surface area contributed by atoms with Gasteiger partial charge in [0.25, 0.3) is 5.91 Å². The number of nitrogens with zero attached hydrogens (tertiary/aromatic N) is 1. The van der Waals surface area contributed by atoms with Gasteiger partial charge < -0.3 is 29.2 Å². The summed E-state index contributed by atoms with van der Waals surface area (Å²) in [5, 5.41) is 3.18. The lowest BCUT2D eigenvalue weighted by molar-refractivity contribution is -0.135. The van der Waals surface area contributed by atoms with Gasteiger partial charge >= 0.3 is 6.09 Å². The quantitative estimate of drug-likeness (QED) is 0.0690. The molecule has 3 N–H and O–H groups in total. The van der Waals surface area contributed by atoms with E-state index in [0.29, 0.717) is 29.2 Å². The van der Waals surface area contributed by atoms with Gasteiger partial charge in [0.05, 0.1) is 26.3 Å². The van der Waals surface area contributed by atoms with Gasteiger partial charge in [0, 0.05) is 24.6 Å². The van der Waals surface area contributed by atoms with Crippen molar-refractivity contribution in [3.63, 3.8) is 0 Å². The molecule has 324 valence electrons. The lowest BCUT2D eigenvalue weighted by Gasteiger charge is -2.35. The average Bonchev–Trinajstić information content (AvgIpc) is 3.66. The molecule has 6 aromatic carbocycles. The lowest BCUT2D eigenvalue weighted by atomic mass is 9.84. The van der Waals surface area contributed by atoms with Crippen LogP contribution in [0.2, 0.25) is 0 Å². The van der Waals surface area contributed by atoms with E-state index in [1.807, 2.05) is 122 Å². The number of hydrogen-bond acceptors (Lipinski definition) is 8. The summed E-state index contributed by atoms with van der Waals surface area (Å²) in [7, 11) is 4.90. The van der Waals surface area contributed by atoms with E-state index >= 15 is 4.79 Å². The molecule has 63 heavy (non-hydrogen) atoms. The van der Waals surface area contributed by atoms with E-state index in [1.54, 1.807) is 44.4 Å². The average molecular weight is 847 g/mol. The van der Waals surface area contributed by atoms with Crippen molar-refractivity contribution in [2.45, 2.75) is 43.8 Å². The molecule has 0 bridgehead atoms. The van der Waals surface area contributed by atoms with Crippen molar-refractivity contribution >= 4 is 17.9 Å². The Balaban J connectivity index is 1.18. The first-order valence-corrected chi connectivity index (χ1v) is 21.2. The van der Waals surface area contributed by atoms with Crippen molar-refractivity contribution in [2.24, 2.45) is 5.92 Å². The predicted octanol–water partition coefficient (Wildman–Crippen LogP) is 9.02. The van der Waals surface area contributed by atoms with Crippen LogP contribution in [0.25, 0.3) is 11.1 Å². The molecule has 6 aromatic rings. The summed E-state index contributed by atoms with van der Waals surface area (Å²) < 4.78 is 23.2. The van der Waals surface area contributed by atoms with Crippen molar-refractivity contribution in [3.05, 3.63) is 186 Å². The Morgan fingerprint density at radius 3 is 1.83 bits per heavy atom. The number of hydrazine groups is 1. The number of ether oxygens (including phenoxy) is 4. The topological polar surface area (TPSA) is 127 Å². The van der Waals surface area contributed by atoms with Crippen molar-refractivity contribution < 1.29 is 33.3 Å². The van der Waals surface area contributed by atoms with Gasteiger partial charge in [-0.3, -0.25) is 15.0 Å². The Morgan fingerprint density at radius 1 is 0.683 bits per heavy atom. The minimum absolute atomic E-state index is 0.119. The first-order chi connectivity index (χ1) is 30.8. The summed E-state index contributed by atoms with van der Waals surface area (Å²) in [6.07, 6.45) is 0.0786. The van der Waals surface area contributed by atoms with Crippen LogP contribution in [0.1, 0.15) is 65.6 Å². The highest BCUT2D eigenvalue weighted by atomic mass is 16.5. The van der Waals surface area contributed by atoms with Gasteiger partial charge in [-0.25, -0.2) is 10.2 Å². The number of methoxy groups -OCH3 is 2. The Labute approximate surface area is 369 Å². The Bertz CT molecular complexity index is 2370. The number of nitrogens with one attached hydrogen (secondary N) is 3. The number of amides is 3. The third-order valence-corrected chi connectivity index (χ3v) is 11.7. The summed E-state index contributed by atoms with van der Waals surface area (Å²) in [5.74, 6) is 0.314. The molecule has 2 unspecified atom stereocenters. The summed E-state index contributed by atoms with van der Waals surface area (Å²) in [4.78, 5) is 44.2. The summed E-state index contributed by atoms with van der Waals surface area (Å²) in [5.41, 5.74) is 12.8. The van der Waals surface area contributed by atoms with E-state index in [0.717, 1.165) is 33.4 Å². The molecule has 0 spiro atoms. The van der Waals surface area contributed by atoms with Crippen LogP contribution in [-0.2, 0) is 14.3 Å². The number of alkyl carbamates (subject to hydrolysis) is 1. The van der Waals surface area contributed by atoms with Crippen molar-refractivity contribution in [1.29, 1.82) is 0 Å². The highest BCUT2D eigenvalue weighted by molar-refractivity contribution is 5.84. The molecule has 0 heterocycles. The van der Waals surface area contributed by atoms with E-state index < -0.39 is 36.0 Å². The first-order valence-electron chi connectivity index (χ1n) is 21.2.